The van der Waals surface area contributed by atoms with Crippen molar-refractivity contribution in [2.75, 3.05) is 7.05 Å². The Labute approximate surface area is 188 Å². The van der Waals surface area contributed by atoms with E-state index in [9.17, 15) is 4.79 Å². The van der Waals surface area contributed by atoms with Crippen molar-refractivity contribution in [3.05, 3.63) is 65.4 Å². The molecule has 1 saturated heterocycles. The fraction of sp³-hybridized carbons (Fsp3) is 0.423. The van der Waals surface area contributed by atoms with Gasteiger partial charge in [-0.2, -0.15) is 5.10 Å². The van der Waals surface area contributed by atoms with Crippen molar-refractivity contribution in [3.63, 3.8) is 0 Å². The molecule has 0 unspecified atom stereocenters. The van der Waals surface area contributed by atoms with Crippen LogP contribution in [0.1, 0.15) is 61.1 Å². The van der Waals surface area contributed by atoms with Gasteiger partial charge in [0.25, 0.3) is 0 Å². The summed E-state index contributed by atoms with van der Waals surface area (Å²) in [6.45, 7) is 3.01. The minimum absolute atomic E-state index is 0.0604. The summed E-state index contributed by atoms with van der Waals surface area (Å²) in [4.78, 5) is 14.9. The second kappa shape index (κ2) is 6.92. The summed E-state index contributed by atoms with van der Waals surface area (Å²) >= 11 is 0. The van der Waals surface area contributed by atoms with E-state index in [4.69, 9.17) is 10.5 Å². The fourth-order valence-electron chi connectivity index (χ4n) is 5.09. The molecule has 32 heavy (non-hydrogen) atoms. The molecule has 3 aliphatic rings. The molecule has 0 bridgehead atoms. The van der Waals surface area contributed by atoms with Crippen LogP contribution in [0.2, 0.25) is 0 Å². The number of hydrogen-bond donors (Lipinski definition) is 2. The zero-order chi connectivity index (χ0) is 22.0. The summed E-state index contributed by atoms with van der Waals surface area (Å²) in [7, 11) is 1.67. The second-order valence-electron chi connectivity index (χ2n) is 10.0. The molecule has 1 aliphatic heterocycles. The lowest BCUT2D eigenvalue weighted by molar-refractivity contribution is -0.131. The molecule has 6 rings (SSSR count). The summed E-state index contributed by atoms with van der Waals surface area (Å²) in [5.74, 6) is 1.08. The highest BCUT2D eigenvalue weighted by Gasteiger charge is 2.48. The highest BCUT2D eigenvalue weighted by molar-refractivity contribution is 6.02. The average Bonchev–Trinajstić information content (AvgIpc) is 3.70. The predicted molar refractivity (Wildman–Crippen MR) is 125 cm³/mol. The third-order valence-corrected chi connectivity index (χ3v) is 7.48. The number of hydrogen-bond acceptors (Lipinski definition) is 3. The van der Waals surface area contributed by atoms with Crippen molar-refractivity contribution < 1.29 is 4.79 Å². The predicted octanol–water partition coefficient (Wildman–Crippen LogP) is 4.32. The van der Waals surface area contributed by atoms with Crippen LogP contribution in [0.5, 0.6) is 0 Å². The maximum atomic E-state index is 13.5. The molecule has 2 heterocycles. The van der Waals surface area contributed by atoms with E-state index in [-0.39, 0.29) is 11.9 Å². The fourth-order valence-corrected chi connectivity index (χ4v) is 5.09. The Balaban J connectivity index is 1.41. The van der Waals surface area contributed by atoms with Crippen LogP contribution < -0.4 is 5.32 Å². The Morgan fingerprint density at radius 3 is 2.50 bits per heavy atom. The first-order valence-corrected chi connectivity index (χ1v) is 11.6. The zero-order valence-corrected chi connectivity index (χ0v) is 18.6. The maximum absolute atomic E-state index is 13.5. The molecular formula is C26H29N5O. The van der Waals surface area contributed by atoms with E-state index < -0.39 is 11.5 Å². The number of nitrogens with zero attached hydrogens (tertiary/aromatic N) is 3. The van der Waals surface area contributed by atoms with Crippen LogP contribution in [-0.4, -0.2) is 33.6 Å². The van der Waals surface area contributed by atoms with Gasteiger partial charge < -0.3 is 5.32 Å². The molecule has 164 valence electrons. The van der Waals surface area contributed by atoms with E-state index in [1.54, 1.807) is 7.05 Å². The van der Waals surface area contributed by atoms with Crippen molar-refractivity contribution in [1.82, 2.24) is 20.0 Å². The van der Waals surface area contributed by atoms with Crippen LogP contribution in [0.25, 0.3) is 10.9 Å². The van der Waals surface area contributed by atoms with Gasteiger partial charge in [-0.25, -0.2) is 0 Å². The van der Waals surface area contributed by atoms with Crippen LogP contribution in [-0.2, 0) is 16.9 Å². The van der Waals surface area contributed by atoms with E-state index in [1.165, 1.54) is 36.1 Å². The van der Waals surface area contributed by atoms with Gasteiger partial charge in [-0.05, 0) is 67.2 Å². The van der Waals surface area contributed by atoms with Gasteiger partial charge in [0.1, 0.15) is 0 Å². The smallest absolute Gasteiger partial charge is 0.239 e. The van der Waals surface area contributed by atoms with E-state index in [2.05, 4.69) is 58.7 Å². The van der Waals surface area contributed by atoms with Gasteiger partial charge in [0.2, 0.25) is 5.91 Å². The first kappa shape index (κ1) is 19.5. The number of aromatic nitrogens is 2. The van der Waals surface area contributed by atoms with Gasteiger partial charge in [0, 0.05) is 25.2 Å². The molecule has 3 fully saturated rings. The zero-order valence-electron chi connectivity index (χ0n) is 18.6. The van der Waals surface area contributed by atoms with E-state index in [0.717, 1.165) is 34.5 Å². The topological polar surface area (TPSA) is 74.0 Å². The molecule has 2 N–H and O–H groups in total. The largest absolute Gasteiger partial charge is 0.346 e. The monoisotopic (exact) mass is 427 g/mol. The molecule has 0 spiro atoms. The Bertz CT molecular complexity index is 1220. The minimum atomic E-state index is -0.740. The van der Waals surface area contributed by atoms with Gasteiger partial charge in [-0.3, -0.25) is 19.8 Å². The molecule has 6 nitrogen and oxygen atoms in total. The molecule has 2 atom stereocenters. The van der Waals surface area contributed by atoms with Crippen LogP contribution in [0.15, 0.2) is 48.7 Å². The number of carbonyl (C=O) groups excluding carboxylic acids is 1. The van der Waals surface area contributed by atoms with E-state index in [1.807, 2.05) is 6.92 Å². The van der Waals surface area contributed by atoms with E-state index >= 15 is 0 Å². The number of amides is 1. The number of carbonyl (C=O) groups is 1. The Kier molecular flexibility index (Phi) is 4.23. The van der Waals surface area contributed by atoms with Gasteiger partial charge in [-0.15, -0.1) is 0 Å². The molecule has 3 aromatic rings. The van der Waals surface area contributed by atoms with E-state index in [0.29, 0.717) is 5.92 Å². The summed E-state index contributed by atoms with van der Waals surface area (Å²) in [6.07, 6.45) is 7.22. The number of benzene rings is 2. The van der Waals surface area contributed by atoms with Crippen LogP contribution >= 0.6 is 0 Å². The lowest BCUT2D eigenvalue weighted by Gasteiger charge is -2.46. The molecule has 2 aliphatic carbocycles. The van der Waals surface area contributed by atoms with Crippen molar-refractivity contribution in [2.24, 2.45) is 5.92 Å². The van der Waals surface area contributed by atoms with Crippen LogP contribution in [0, 0.1) is 11.3 Å². The van der Waals surface area contributed by atoms with Gasteiger partial charge in [-0.1, -0.05) is 36.4 Å². The quantitative estimate of drug-likeness (QED) is 0.637. The highest BCUT2D eigenvalue weighted by Crippen LogP contribution is 2.44. The number of fused-ring (bicyclic) bond motifs is 1. The molecule has 1 amide bonds. The standard InChI is InChI=1S/C26H29N5O/c1-26(21-12-11-20-15-31(14-16-3-4-16)29-22(20)13-21)23(24(32)30(2)25(27)28-26)19-9-7-18(8-10-19)17-5-6-17/h7-13,15-17,23H,3-6,14H2,1-2H3,(H2,27,28)/t23-,26+/m0/s1. The molecule has 2 saturated carbocycles. The summed E-state index contributed by atoms with van der Waals surface area (Å²) in [5.41, 5.74) is 3.51. The molecular weight excluding hydrogens is 398 g/mol. The number of guanidine groups is 1. The highest BCUT2D eigenvalue weighted by atomic mass is 16.2. The molecule has 6 heteroatoms. The summed E-state index contributed by atoms with van der Waals surface area (Å²) in [5, 5.41) is 17.7. The van der Waals surface area contributed by atoms with Crippen LogP contribution in [0.3, 0.4) is 0 Å². The second-order valence-corrected chi connectivity index (χ2v) is 10.0. The SMILES string of the molecule is CN1C(=N)N[C@](C)(c2ccc3cn(CC4CC4)nc3c2)[C@@H](c2ccc(C3CC3)cc2)C1=O. The average molecular weight is 428 g/mol. The lowest BCUT2D eigenvalue weighted by Crippen LogP contribution is -2.62. The number of rotatable bonds is 5. The Hall–Kier alpha value is -3.15. The van der Waals surface area contributed by atoms with Gasteiger partial charge in [0.15, 0.2) is 5.96 Å². The van der Waals surface area contributed by atoms with Crippen molar-refractivity contribution in [3.8, 4) is 0 Å². The lowest BCUT2D eigenvalue weighted by atomic mass is 9.73. The first-order valence-electron chi connectivity index (χ1n) is 11.6. The normalized spacial score (nSPS) is 25.9. The summed E-state index contributed by atoms with van der Waals surface area (Å²) < 4.78 is 2.05. The maximum Gasteiger partial charge on any atom is 0.239 e. The minimum Gasteiger partial charge on any atom is -0.346 e. The Morgan fingerprint density at radius 1 is 1.09 bits per heavy atom. The Morgan fingerprint density at radius 2 is 1.81 bits per heavy atom. The van der Waals surface area contributed by atoms with Gasteiger partial charge >= 0.3 is 0 Å². The van der Waals surface area contributed by atoms with Gasteiger partial charge in [0.05, 0.1) is 17.0 Å². The number of likely N-dealkylation sites (N-methyl/N-ethyl adjacent to an activating group) is 1. The first-order chi connectivity index (χ1) is 15.4. The van der Waals surface area contributed by atoms with Crippen molar-refractivity contribution in [2.45, 2.75) is 56.5 Å². The van der Waals surface area contributed by atoms with Crippen molar-refractivity contribution >= 4 is 22.8 Å². The number of nitrogens with one attached hydrogen (secondary N) is 2. The molecule has 0 radical (unpaired) electrons. The third-order valence-electron chi connectivity index (χ3n) is 7.48. The van der Waals surface area contributed by atoms with Crippen molar-refractivity contribution in [1.29, 1.82) is 5.41 Å². The molecule has 2 aromatic carbocycles. The third kappa shape index (κ3) is 3.20. The summed E-state index contributed by atoms with van der Waals surface area (Å²) in [6, 6.07) is 14.8. The van der Waals surface area contributed by atoms with Crippen LogP contribution in [0.4, 0.5) is 0 Å². The molecule has 1 aromatic heterocycles.